The summed E-state index contributed by atoms with van der Waals surface area (Å²) in [6.45, 7) is 0. The number of anilines is 1. The van der Waals surface area contributed by atoms with Crippen molar-refractivity contribution in [3.05, 3.63) is 89.5 Å². The lowest BCUT2D eigenvalue weighted by atomic mass is 10.1. The van der Waals surface area contributed by atoms with Crippen LogP contribution in [0.5, 0.6) is 0 Å². The summed E-state index contributed by atoms with van der Waals surface area (Å²) in [6.07, 6.45) is 0. The molecule has 1 aliphatic rings. The average molecular weight is 396 g/mol. The number of imidazole rings is 1. The van der Waals surface area contributed by atoms with Gasteiger partial charge in [0.1, 0.15) is 0 Å². The van der Waals surface area contributed by atoms with Crippen molar-refractivity contribution in [2.24, 2.45) is 0 Å². The maximum Gasteiger partial charge on any atom is 0.261 e. The average Bonchev–Trinajstić information content (AvgIpc) is 3.24. The highest BCUT2D eigenvalue weighted by Crippen LogP contribution is 2.26. The molecule has 0 aliphatic carbocycles. The van der Waals surface area contributed by atoms with Gasteiger partial charge in [0.05, 0.1) is 22.2 Å². The van der Waals surface area contributed by atoms with Crippen molar-refractivity contribution in [2.75, 3.05) is 12.4 Å². The molecule has 1 aliphatic heterocycles. The second kappa shape index (κ2) is 6.66. The number of benzene rings is 3. The zero-order valence-electron chi connectivity index (χ0n) is 16.0. The van der Waals surface area contributed by atoms with Crippen molar-refractivity contribution in [3.63, 3.8) is 0 Å². The molecule has 0 bridgehead atoms. The van der Waals surface area contributed by atoms with Crippen LogP contribution in [0.2, 0.25) is 0 Å². The molecule has 0 saturated carbocycles. The molecule has 2 heterocycles. The largest absolute Gasteiger partial charge is 0.292 e. The molecule has 0 radical (unpaired) electrons. The Hall–Kier alpha value is -4.26. The molecule has 0 saturated heterocycles. The fourth-order valence-electron chi connectivity index (χ4n) is 3.62. The Morgan fingerprint density at radius 2 is 1.57 bits per heavy atom. The summed E-state index contributed by atoms with van der Waals surface area (Å²) >= 11 is 0. The van der Waals surface area contributed by atoms with Crippen molar-refractivity contribution in [1.82, 2.24) is 14.5 Å². The first kappa shape index (κ1) is 17.8. The van der Waals surface area contributed by atoms with Gasteiger partial charge in [-0.25, -0.2) is 4.98 Å². The van der Waals surface area contributed by atoms with Crippen LogP contribution in [0.15, 0.2) is 72.8 Å². The Morgan fingerprint density at radius 3 is 2.37 bits per heavy atom. The predicted octanol–water partition coefficient (Wildman–Crippen LogP) is 3.50. The Balaban J connectivity index is 1.55. The van der Waals surface area contributed by atoms with Crippen LogP contribution in [0.25, 0.3) is 16.7 Å². The van der Waals surface area contributed by atoms with Gasteiger partial charge in [-0.2, -0.15) is 0 Å². The summed E-state index contributed by atoms with van der Waals surface area (Å²) < 4.78 is 1.86. The molecule has 0 atom stereocenters. The van der Waals surface area contributed by atoms with Crippen molar-refractivity contribution in [1.29, 1.82) is 0 Å². The lowest BCUT2D eigenvalue weighted by Crippen LogP contribution is -2.24. The van der Waals surface area contributed by atoms with Gasteiger partial charge in [0.25, 0.3) is 17.7 Å². The Kier molecular flexibility index (Phi) is 3.96. The minimum absolute atomic E-state index is 0.228. The predicted molar refractivity (Wildman–Crippen MR) is 112 cm³/mol. The highest BCUT2D eigenvalue weighted by atomic mass is 16.2. The summed E-state index contributed by atoms with van der Waals surface area (Å²) in [7, 11) is 1.42. The summed E-state index contributed by atoms with van der Waals surface area (Å²) in [5, 5.41) is 2.85. The number of nitrogens with one attached hydrogen (secondary N) is 1. The van der Waals surface area contributed by atoms with E-state index in [4.69, 9.17) is 0 Å². The van der Waals surface area contributed by atoms with Gasteiger partial charge in [-0.05, 0) is 42.5 Å². The molecular weight excluding hydrogens is 380 g/mol. The fraction of sp³-hybridized carbons (Fsp3) is 0.0435. The molecule has 0 fully saturated rings. The SMILES string of the molecule is CN1C(=O)c2ccc(C(=O)Nc3nc4ccccc4n3-c3ccccc3)cc2C1=O. The zero-order chi connectivity index (χ0) is 20.8. The molecule has 146 valence electrons. The summed E-state index contributed by atoms with van der Waals surface area (Å²) in [6, 6.07) is 21.7. The molecule has 30 heavy (non-hydrogen) atoms. The third kappa shape index (κ3) is 2.68. The van der Waals surface area contributed by atoms with Crippen molar-refractivity contribution in [3.8, 4) is 5.69 Å². The lowest BCUT2D eigenvalue weighted by Gasteiger charge is -2.10. The monoisotopic (exact) mass is 396 g/mol. The number of imide groups is 1. The third-order valence-electron chi connectivity index (χ3n) is 5.15. The van der Waals surface area contributed by atoms with Crippen LogP contribution < -0.4 is 5.32 Å². The number of amides is 3. The molecule has 3 aromatic carbocycles. The van der Waals surface area contributed by atoms with E-state index in [9.17, 15) is 14.4 Å². The van der Waals surface area contributed by atoms with E-state index in [-0.39, 0.29) is 17.0 Å². The first-order chi connectivity index (χ1) is 14.5. The van der Waals surface area contributed by atoms with Crippen molar-refractivity contribution in [2.45, 2.75) is 0 Å². The quantitative estimate of drug-likeness (QED) is 0.537. The van der Waals surface area contributed by atoms with Gasteiger partial charge in [-0.15, -0.1) is 0 Å². The Bertz CT molecular complexity index is 1340. The van der Waals surface area contributed by atoms with Crippen LogP contribution in [0, 0.1) is 0 Å². The second-order valence-electron chi connectivity index (χ2n) is 6.98. The molecule has 7 heteroatoms. The number of carbonyl (C=O) groups excluding carboxylic acids is 3. The number of rotatable bonds is 3. The van der Waals surface area contributed by atoms with Crippen LogP contribution in [-0.4, -0.2) is 39.2 Å². The summed E-state index contributed by atoms with van der Waals surface area (Å²) in [4.78, 5) is 42.9. The van der Waals surface area contributed by atoms with Gasteiger partial charge < -0.3 is 0 Å². The molecule has 7 nitrogen and oxygen atoms in total. The number of nitrogens with zero attached hydrogens (tertiary/aromatic N) is 3. The number of para-hydroxylation sites is 3. The van der Waals surface area contributed by atoms with Gasteiger partial charge in [0.15, 0.2) is 0 Å². The van der Waals surface area contributed by atoms with Gasteiger partial charge in [0, 0.05) is 18.3 Å². The minimum atomic E-state index is -0.417. The zero-order valence-corrected chi connectivity index (χ0v) is 16.0. The van der Waals surface area contributed by atoms with Crippen LogP contribution in [0.3, 0.4) is 0 Å². The second-order valence-corrected chi connectivity index (χ2v) is 6.98. The molecule has 0 spiro atoms. The van der Waals surface area contributed by atoms with Crippen molar-refractivity contribution >= 4 is 34.7 Å². The summed E-state index contributed by atoms with van der Waals surface area (Å²) in [5.74, 6) is -0.832. The number of fused-ring (bicyclic) bond motifs is 2. The first-order valence-corrected chi connectivity index (χ1v) is 9.35. The van der Waals surface area contributed by atoms with Gasteiger partial charge in [-0.1, -0.05) is 30.3 Å². The van der Waals surface area contributed by atoms with Gasteiger partial charge in [0.2, 0.25) is 5.95 Å². The molecule has 4 aromatic rings. The molecule has 3 amide bonds. The third-order valence-corrected chi connectivity index (χ3v) is 5.15. The standard InChI is InChI=1S/C23H16N4O3/c1-26-21(29)16-12-11-14(13-17(16)22(26)30)20(28)25-23-24-18-9-5-6-10-19(18)27(23)15-7-3-2-4-8-15/h2-13H,1H3,(H,24,25,28). The smallest absolute Gasteiger partial charge is 0.261 e. The maximum atomic E-state index is 13.0. The number of hydrogen-bond acceptors (Lipinski definition) is 4. The van der Waals surface area contributed by atoms with E-state index in [0.29, 0.717) is 11.5 Å². The van der Waals surface area contributed by atoms with E-state index >= 15 is 0 Å². The molecule has 5 rings (SSSR count). The molecule has 1 N–H and O–H groups in total. The molecule has 0 unspecified atom stereocenters. The van der Waals surface area contributed by atoms with E-state index in [1.165, 1.54) is 25.2 Å². The number of aromatic nitrogens is 2. The highest BCUT2D eigenvalue weighted by molar-refractivity contribution is 6.22. The van der Waals surface area contributed by atoms with E-state index in [1.807, 2.05) is 59.2 Å². The summed E-state index contributed by atoms with van der Waals surface area (Å²) in [5.41, 5.74) is 3.26. The van der Waals surface area contributed by atoms with E-state index in [1.54, 1.807) is 0 Å². The lowest BCUT2D eigenvalue weighted by molar-refractivity contribution is 0.0693. The fourth-order valence-corrected chi connectivity index (χ4v) is 3.62. The van der Waals surface area contributed by atoms with Crippen molar-refractivity contribution < 1.29 is 14.4 Å². The number of carbonyl (C=O) groups is 3. The number of hydrogen-bond donors (Lipinski definition) is 1. The van der Waals surface area contributed by atoms with Crippen LogP contribution in [0.4, 0.5) is 5.95 Å². The van der Waals surface area contributed by atoms with Gasteiger partial charge in [-0.3, -0.25) is 29.2 Å². The molecular formula is C23H16N4O3. The van der Waals surface area contributed by atoms with Crippen LogP contribution in [0.1, 0.15) is 31.1 Å². The van der Waals surface area contributed by atoms with Gasteiger partial charge >= 0.3 is 0 Å². The normalized spacial score (nSPS) is 13.0. The first-order valence-electron chi connectivity index (χ1n) is 9.35. The Morgan fingerprint density at radius 1 is 0.867 bits per heavy atom. The van der Waals surface area contributed by atoms with Crippen LogP contribution >= 0.6 is 0 Å². The maximum absolute atomic E-state index is 13.0. The Labute approximate surface area is 171 Å². The van der Waals surface area contributed by atoms with E-state index < -0.39 is 11.8 Å². The van der Waals surface area contributed by atoms with E-state index in [2.05, 4.69) is 10.3 Å². The van der Waals surface area contributed by atoms with Crippen LogP contribution in [-0.2, 0) is 0 Å². The topological polar surface area (TPSA) is 84.3 Å². The molecule has 1 aromatic heterocycles. The minimum Gasteiger partial charge on any atom is -0.292 e. The van der Waals surface area contributed by atoms with E-state index in [0.717, 1.165) is 21.6 Å². The highest BCUT2D eigenvalue weighted by Gasteiger charge is 2.33.